The number of aromatic amines is 1. The average Bonchev–Trinajstić information content (AvgIpc) is 3.12. The molecule has 1 aromatic heterocycles. The van der Waals surface area contributed by atoms with Crippen LogP contribution in [0.4, 0.5) is 4.79 Å². The molecule has 2 aromatic rings. The van der Waals surface area contributed by atoms with Crippen LogP contribution < -0.4 is 5.32 Å². The maximum atomic E-state index is 12.1. The fourth-order valence-electron chi connectivity index (χ4n) is 2.66. The first-order valence-corrected chi connectivity index (χ1v) is 6.85. The number of rotatable bonds is 3. The number of nitrogens with one attached hydrogen (secondary N) is 2. The zero-order chi connectivity index (χ0) is 13.9. The SMILES string of the molecule is O=C(NCc1ccc2nc[nH]c2c1)N1CCC[C@@H]1CO. The molecule has 6 nitrogen and oxygen atoms in total. The largest absolute Gasteiger partial charge is 0.394 e. The van der Waals surface area contributed by atoms with E-state index >= 15 is 0 Å². The molecular weight excluding hydrogens is 256 g/mol. The van der Waals surface area contributed by atoms with Crippen molar-refractivity contribution < 1.29 is 9.90 Å². The van der Waals surface area contributed by atoms with Crippen LogP contribution in [0.5, 0.6) is 0 Å². The number of aliphatic hydroxyl groups excluding tert-OH is 1. The van der Waals surface area contributed by atoms with E-state index in [4.69, 9.17) is 0 Å². The van der Waals surface area contributed by atoms with E-state index in [1.807, 2.05) is 18.2 Å². The van der Waals surface area contributed by atoms with E-state index in [1.54, 1.807) is 11.2 Å². The number of fused-ring (bicyclic) bond motifs is 1. The third kappa shape index (κ3) is 2.46. The Kier molecular flexibility index (Phi) is 3.56. The van der Waals surface area contributed by atoms with Gasteiger partial charge in [0, 0.05) is 13.1 Å². The zero-order valence-corrected chi connectivity index (χ0v) is 11.2. The van der Waals surface area contributed by atoms with Crippen molar-refractivity contribution in [3.05, 3.63) is 30.1 Å². The minimum absolute atomic E-state index is 0.0352. The van der Waals surface area contributed by atoms with Crippen molar-refractivity contribution in [3.8, 4) is 0 Å². The Balaban J connectivity index is 1.62. The summed E-state index contributed by atoms with van der Waals surface area (Å²) in [4.78, 5) is 21.0. The lowest BCUT2D eigenvalue weighted by atomic mass is 10.2. The number of urea groups is 1. The monoisotopic (exact) mass is 274 g/mol. The normalized spacial score (nSPS) is 18.6. The van der Waals surface area contributed by atoms with Crippen molar-refractivity contribution in [1.82, 2.24) is 20.2 Å². The number of likely N-dealkylation sites (tertiary alicyclic amines) is 1. The topological polar surface area (TPSA) is 81.2 Å². The summed E-state index contributed by atoms with van der Waals surface area (Å²) in [5, 5.41) is 12.1. The molecule has 0 saturated carbocycles. The van der Waals surface area contributed by atoms with Gasteiger partial charge in [-0.3, -0.25) is 0 Å². The number of hydrogen-bond donors (Lipinski definition) is 3. The predicted octanol–water partition coefficient (Wildman–Crippen LogP) is 1.23. The van der Waals surface area contributed by atoms with Crippen molar-refractivity contribution in [1.29, 1.82) is 0 Å². The number of H-pyrrole nitrogens is 1. The number of benzene rings is 1. The number of carbonyl (C=O) groups is 1. The van der Waals surface area contributed by atoms with Crippen LogP contribution in [0.1, 0.15) is 18.4 Å². The zero-order valence-electron chi connectivity index (χ0n) is 11.2. The second-order valence-corrected chi connectivity index (χ2v) is 5.08. The Morgan fingerprint density at radius 2 is 2.45 bits per heavy atom. The van der Waals surface area contributed by atoms with Crippen molar-refractivity contribution in [2.75, 3.05) is 13.2 Å². The van der Waals surface area contributed by atoms with Gasteiger partial charge in [-0.1, -0.05) is 6.07 Å². The van der Waals surface area contributed by atoms with E-state index in [-0.39, 0.29) is 18.7 Å². The molecule has 0 unspecified atom stereocenters. The summed E-state index contributed by atoms with van der Waals surface area (Å²) in [5.74, 6) is 0. The van der Waals surface area contributed by atoms with Crippen molar-refractivity contribution in [2.45, 2.75) is 25.4 Å². The number of aromatic nitrogens is 2. The highest BCUT2D eigenvalue weighted by atomic mass is 16.3. The lowest BCUT2D eigenvalue weighted by molar-refractivity contribution is 0.157. The highest BCUT2D eigenvalue weighted by Crippen LogP contribution is 2.17. The molecule has 3 rings (SSSR count). The summed E-state index contributed by atoms with van der Waals surface area (Å²) >= 11 is 0. The molecule has 3 N–H and O–H groups in total. The van der Waals surface area contributed by atoms with Crippen LogP contribution in [-0.2, 0) is 6.54 Å². The maximum Gasteiger partial charge on any atom is 0.317 e. The molecule has 20 heavy (non-hydrogen) atoms. The molecule has 1 fully saturated rings. The minimum Gasteiger partial charge on any atom is -0.394 e. The average molecular weight is 274 g/mol. The van der Waals surface area contributed by atoms with Crippen LogP contribution in [0.3, 0.4) is 0 Å². The van der Waals surface area contributed by atoms with Gasteiger partial charge >= 0.3 is 6.03 Å². The van der Waals surface area contributed by atoms with Crippen LogP contribution in [-0.4, -0.2) is 45.2 Å². The first kappa shape index (κ1) is 12.9. The van der Waals surface area contributed by atoms with E-state index in [1.165, 1.54) is 0 Å². The Morgan fingerprint density at radius 3 is 3.30 bits per heavy atom. The Hall–Kier alpha value is -2.08. The second kappa shape index (κ2) is 5.50. The van der Waals surface area contributed by atoms with Gasteiger partial charge in [0.1, 0.15) is 0 Å². The molecule has 0 spiro atoms. The molecule has 1 aliphatic heterocycles. The third-order valence-electron chi connectivity index (χ3n) is 3.78. The highest BCUT2D eigenvalue weighted by Gasteiger charge is 2.27. The molecule has 6 heteroatoms. The molecule has 0 aliphatic carbocycles. The highest BCUT2D eigenvalue weighted by molar-refractivity contribution is 5.76. The standard InChI is InChI=1S/C14H18N4O2/c19-8-11-2-1-5-18(11)14(20)15-7-10-3-4-12-13(6-10)17-9-16-12/h3-4,6,9,11,19H,1-2,5,7-8H2,(H,15,20)(H,16,17)/t11-/m1/s1. The minimum atomic E-state index is -0.105. The first-order chi connectivity index (χ1) is 9.78. The van der Waals surface area contributed by atoms with Gasteiger partial charge in [-0.25, -0.2) is 9.78 Å². The number of amides is 2. The number of nitrogens with zero attached hydrogens (tertiary/aromatic N) is 2. The molecule has 2 amide bonds. The van der Waals surface area contributed by atoms with E-state index in [0.29, 0.717) is 6.54 Å². The first-order valence-electron chi connectivity index (χ1n) is 6.85. The van der Waals surface area contributed by atoms with Crippen LogP contribution in [0.25, 0.3) is 11.0 Å². The van der Waals surface area contributed by atoms with Crippen molar-refractivity contribution in [2.24, 2.45) is 0 Å². The van der Waals surface area contributed by atoms with Gasteiger partial charge in [0.05, 0.1) is 30.0 Å². The Bertz CT molecular complexity index is 610. The summed E-state index contributed by atoms with van der Waals surface area (Å²) < 4.78 is 0. The summed E-state index contributed by atoms with van der Waals surface area (Å²) in [5.41, 5.74) is 2.90. The molecule has 1 atom stereocenters. The summed E-state index contributed by atoms with van der Waals surface area (Å²) in [6.45, 7) is 1.23. The van der Waals surface area contributed by atoms with Gasteiger partial charge < -0.3 is 20.3 Å². The summed E-state index contributed by atoms with van der Waals surface area (Å²) in [6.07, 6.45) is 3.49. The lowest BCUT2D eigenvalue weighted by Gasteiger charge is -2.23. The van der Waals surface area contributed by atoms with E-state index in [9.17, 15) is 9.90 Å². The van der Waals surface area contributed by atoms with Crippen LogP contribution >= 0.6 is 0 Å². The number of hydrogen-bond acceptors (Lipinski definition) is 3. The lowest BCUT2D eigenvalue weighted by Crippen LogP contribution is -2.43. The van der Waals surface area contributed by atoms with Gasteiger partial charge in [-0.15, -0.1) is 0 Å². The summed E-state index contributed by atoms with van der Waals surface area (Å²) in [6, 6.07) is 5.73. The fraction of sp³-hybridized carbons (Fsp3) is 0.429. The maximum absolute atomic E-state index is 12.1. The van der Waals surface area contributed by atoms with E-state index in [2.05, 4.69) is 15.3 Å². The smallest absolute Gasteiger partial charge is 0.317 e. The van der Waals surface area contributed by atoms with E-state index < -0.39 is 0 Å². The Labute approximate surface area is 116 Å². The summed E-state index contributed by atoms with van der Waals surface area (Å²) in [7, 11) is 0. The predicted molar refractivity (Wildman–Crippen MR) is 75.1 cm³/mol. The van der Waals surface area contributed by atoms with Gasteiger partial charge in [-0.05, 0) is 30.5 Å². The van der Waals surface area contributed by atoms with Crippen molar-refractivity contribution >= 4 is 17.1 Å². The van der Waals surface area contributed by atoms with Crippen LogP contribution in [0.2, 0.25) is 0 Å². The quantitative estimate of drug-likeness (QED) is 0.787. The number of imidazole rings is 1. The third-order valence-corrected chi connectivity index (χ3v) is 3.78. The van der Waals surface area contributed by atoms with Crippen LogP contribution in [0, 0.1) is 0 Å². The van der Waals surface area contributed by atoms with Gasteiger partial charge in [-0.2, -0.15) is 0 Å². The molecule has 0 bridgehead atoms. The van der Waals surface area contributed by atoms with Crippen LogP contribution in [0.15, 0.2) is 24.5 Å². The molecule has 106 valence electrons. The van der Waals surface area contributed by atoms with Gasteiger partial charge in [0.2, 0.25) is 0 Å². The molecule has 1 aromatic carbocycles. The fourth-order valence-corrected chi connectivity index (χ4v) is 2.66. The second-order valence-electron chi connectivity index (χ2n) is 5.08. The molecule has 0 radical (unpaired) electrons. The van der Waals surface area contributed by atoms with Crippen molar-refractivity contribution in [3.63, 3.8) is 0 Å². The van der Waals surface area contributed by atoms with Gasteiger partial charge in [0.15, 0.2) is 0 Å². The number of carbonyl (C=O) groups excluding carboxylic acids is 1. The molecule has 1 aliphatic rings. The van der Waals surface area contributed by atoms with E-state index in [0.717, 1.165) is 36.0 Å². The Morgan fingerprint density at radius 1 is 1.55 bits per heavy atom. The molecular formula is C14H18N4O2. The molecule has 2 heterocycles. The number of aliphatic hydroxyl groups is 1. The molecule has 1 saturated heterocycles. The van der Waals surface area contributed by atoms with Gasteiger partial charge in [0.25, 0.3) is 0 Å².